The zero-order chi connectivity index (χ0) is 10.7. The van der Waals surface area contributed by atoms with Crippen molar-refractivity contribution >= 4 is 27.5 Å². The molecule has 0 aromatic heterocycles. The molecule has 76 valence electrons. The molecule has 1 N–H and O–H groups in total. The lowest BCUT2D eigenvalue weighted by Crippen LogP contribution is -1.98. The summed E-state index contributed by atoms with van der Waals surface area (Å²) in [7, 11) is 0. The molecule has 1 unspecified atom stereocenters. The highest BCUT2D eigenvalue weighted by Gasteiger charge is 2.11. The van der Waals surface area contributed by atoms with Crippen molar-refractivity contribution in [1.29, 1.82) is 0 Å². The van der Waals surface area contributed by atoms with Gasteiger partial charge in [0.25, 0.3) is 0 Å². The Kier molecular flexibility index (Phi) is 4.17. The van der Waals surface area contributed by atoms with E-state index in [1.807, 2.05) is 13.0 Å². The molecule has 1 rings (SSSR count). The predicted molar refractivity (Wildman–Crippen MR) is 63.5 cm³/mol. The third-order valence-electron chi connectivity index (χ3n) is 1.86. The predicted octanol–water partition coefficient (Wildman–Crippen LogP) is 4.10. The lowest BCUT2D eigenvalue weighted by molar-refractivity contribution is 0.177. The molecule has 0 saturated heterocycles. The van der Waals surface area contributed by atoms with Gasteiger partial charge in [0, 0.05) is 9.50 Å². The average Bonchev–Trinajstić information content (AvgIpc) is 2.01. The van der Waals surface area contributed by atoms with Crippen LogP contribution in [0.3, 0.4) is 0 Å². The minimum absolute atomic E-state index is 0.515. The van der Waals surface area contributed by atoms with Gasteiger partial charge in [-0.25, -0.2) is 0 Å². The Balaban J connectivity index is 2.90. The highest BCUT2D eigenvalue weighted by atomic mass is 79.9. The van der Waals surface area contributed by atoms with E-state index >= 15 is 0 Å². The van der Waals surface area contributed by atoms with Crippen LogP contribution in [0, 0.1) is 0 Å². The summed E-state index contributed by atoms with van der Waals surface area (Å²) in [6.07, 6.45) is 0.0550. The Morgan fingerprint density at radius 3 is 2.79 bits per heavy atom. The fourth-order valence-corrected chi connectivity index (χ4v) is 2.16. The highest BCUT2D eigenvalue weighted by molar-refractivity contribution is 9.10. The monoisotopic (exact) mass is 274 g/mol. The molecule has 1 atom stereocenters. The van der Waals surface area contributed by atoms with Crippen molar-refractivity contribution in [2.24, 2.45) is 0 Å². The molecular weight excluding hydrogens is 263 g/mol. The number of rotatable bonds is 3. The summed E-state index contributed by atoms with van der Waals surface area (Å²) < 4.78 is 0.832. The van der Waals surface area contributed by atoms with Crippen molar-refractivity contribution in [3.8, 4) is 0 Å². The van der Waals surface area contributed by atoms with Crippen molar-refractivity contribution in [2.45, 2.75) is 19.4 Å². The van der Waals surface area contributed by atoms with Crippen LogP contribution in [0.5, 0.6) is 0 Å². The summed E-state index contributed by atoms with van der Waals surface area (Å²) >= 11 is 9.16. The molecule has 1 aromatic rings. The van der Waals surface area contributed by atoms with E-state index in [1.165, 1.54) is 0 Å². The second-order valence-corrected chi connectivity index (χ2v) is 4.63. The number of halogens is 2. The fraction of sp³-hybridized carbons (Fsp3) is 0.273. The number of hydrogen-bond donors (Lipinski definition) is 1. The fourth-order valence-electron chi connectivity index (χ4n) is 1.21. The van der Waals surface area contributed by atoms with Crippen LogP contribution in [-0.4, -0.2) is 5.11 Å². The molecule has 3 heteroatoms. The SMILES string of the molecule is C=C(C)CC(O)c1ccc(Cl)cc1Br. The number of aliphatic hydroxyl groups excluding tert-OH is 1. The molecule has 0 saturated carbocycles. The molecule has 0 aliphatic heterocycles. The summed E-state index contributed by atoms with van der Waals surface area (Å²) in [4.78, 5) is 0. The van der Waals surface area contributed by atoms with Gasteiger partial charge in [-0.05, 0) is 31.0 Å². The van der Waals surface area contributed by atoms with Crippen molar-refractivity contribution in [2.75, 3.05) is 0 Å². The van der Waals surface area contributed by atoms with Gasteiger partial charge in [0.1, 0.15) is 0 Å². The Morgan fingerprint density at radius 1 is 1.64 bits per heavy atom. The third kappa shape index (κ3) is 3.12. The summed E-state index contributed by atoms with van der Waals surface area (Å²) in [5.41, 5.74) is 1.80. The van der Waals surface area contributed by atoms with Gasteiger partial charge in [-0.3, -0.25) is 0 Å². The largest absolute Gasteiger partial charge is 0.388 e. The van der Waals surface area contributed by atoms with E-state index in [-0.39, 0.29) is 0 Å². The number of aliphatic hydroxyl groups is 1. The minimum Gasteiger partial charge on any atom is -0.388 e. The van der Waals surface area contributed by atoms with E-state index in [1.54, 1.807) is 12.1 Å². The minimum atomic E-state index is -0.515. The number of benzene rings is 1. The Labute approximate surface area is 97.5 Å². The Bertz CT molecular complexity index is 349. The summed E-state index contributed by atoms with van der Waals surface area (Å²) in [5, 5.41) is 10.5. The van der Waals surface area contributed by atoms with Gasteiger partial charge < -0.3 is 5.11 Å². The lowest BCUT2D eigenvalue weighted by Gasteiger charge is -2.12. The third-order valence-corrected chi connectivity index (χ3v) is 2.79. The maximum Gasteiger partial charge on any atom is 0.0837 e. The van der Waals surface area contributed by atoms with Crippen molar-refractivity contribution in [3.63, 3.8) is 0 Å². The van der Waals surface area contributed by atoms with Crippen LogP contribution in [0.2, 0.25) is 5.02 Å². The molecule has 0 aliphatic rings. The molecule has 0 spiro atoms. The summed E-state index contributed by atoms with van der Waals surface area (Å²) in [6, 6.07) is 5.36. The van der Waals surface area contributed by atoms with Gasteiger partial charge in [0.15, 0.2) is 0 Å². The highest BCUT2D eigenvalue weighted by Crippen LogP contribution is 2.29. The second kappa shape index (κ2) is 4.96. The second-order valence-electron chi connectivity index (χ2n) is 3.34. The molecule has 1 aromatic carbocycles. The number of hydrogen-bond acceptors (Lipinski definition) is 1. The van der Waals surface area contributed by atoms with E-state index in [0.717, 1.165) is 15.6 Å². The van der Waals surface area contributed by atoms with Gasteiger partial charge in [-0.15, -0.1) is 6.58 Å². The Hall–Kier alpha value is -0.310. The zero-order valence-corrected chi connectivity index (χ0v) is 10.3. The zero-order valence-electron chi connectivity index (χ0n) is 7.93. The molecule has 14 heavy (non-hydrogen) atoms. The normalized spacial score (nSPS) is 12.6. The van der Waals surface area contributed by atoms with Crippen molar-refractivity contribution < 1.29 is 5.11 Å². The smallest absolute Gasteiger partial charge is 0.0837 e. The molecule has 0 amide bonds. The van der Waals surface area contributed by atoms with E-state index in [4.69, 9.17) is 11.6 Å². The first kappa shape index (κ1) is 11.8. The maximum atomic E-state index is 9.83. The van der Waals surface area contributed by atoms with Crippen LogP contribution in [0.1, 0.15) is 25.0 Å². The first-order chi connectivity index (χ1) is 6.50. The van der Waals surface area contributed by atoms with Crippen LogP contribution < -0.4 is 0 Å². The van der Waals surface area contributed by atoms with E-state index < -0.39 is 6.10 Å². The standard InChI is InChI=1S/C11H12BrClO/c1-7(2)5-11(14)9-4-3-8(13)6-10(9)12/h3-4,6,11,14H,1,5H2,2H3. The quantitative estimate of drug-likeness (QED) is 0.823. The first-order valence-corrected chi connectivity index (χ1v) is 5.45. The van der Waals surface area contributed by atoms with E-state index in [0.29, 0.717) is 11.4 Å². The molecule has 0 heterocycles. The summed E-state index contributed by atoms with van der Waals surface area (Å²) in [5.74, 6) is 0. The van der Waals surface area contributed by atoms with Gasteiger partial charge in [-0.2, -0.15) is 0 Å². The van der Waals surface area contributed by atoms with Gasteiger partial charge in [0.2, 0.25) is 0 Å². The van der Waals surface area contributed by atoms with Crippen LogP contribution >= 0.6 is 27.5 Å². The molecule has 0 fully saturated rings. The van der Waals surface area contributed by atoms with Gasteiger partial charge in [-0.1, -0.05) is 39.2 Å². The molecule has 1 nitrogen and oxygen atoms in total. The molecular formula is C11H12BrClO. The van der Waals surface area contributed by atoms with Gasteiger partial charge >= 0.3 is 0 Å². The van der Waals surface area contributed by atoms with Crippen molar-refractivity contribution in [3.05, 3.63) is 45.4 Å². The van der Waals surface area contributed by atoms with Crippen LogP contribution in [-0.2, 0) is 0 Å². The molecule has 0 radical (unpaired) electrons. The molecule has 0 aliphatic carbocycles. The van der Waals surface area contributed by atoms with Gasteiger partial charge in [0.05, 0.1) is 6.10 Å². The van der Waals surface area contributed by atoms with E-state index in [2.05, 4.69) is 22.5 Å². The van der Waals surface area contributed by atoms with E-state index in [9.17, 15) is 5.11 Å². The van der Waals surface area contributed by atoms with Crippen LogP contribution in [0.25, 0.3) is 0 Å². The average molecular weight is 276 g/mol. The first-order valence-electron chi connectivity index (χ1n) is 4.28. The lowest BCUT2D eigenvalue weighted by atomic mass is 10.0. The van der Waals surface area contributed by atoms with Crippen LogP contribution in [0.15, 0.2) is 34.8 Å². The van der Waals surface area contributed by atoms with Crippen LogP contribution in [0.4, 0.5) is 0 Å². The maximum absolute atomic E-state index is 9.83. The Morgan fingerprint density at radius 2 is 2.29 bits per heavy atom. The molecule has 0 bridgehead atoms. The van der Waals surface area contributed by atoms with Crippen molar-refractivity contribution in [1.82, 2.24) is 0 Å². The topological polar surface area (TPSA) is 20.2 Å². The summed E-state index contributed by atoms with van der Waals surface area (Å²) in [6.45, 7) is 5.66.